The summed E-state index contributed by atoms with van der Waals surface area (Å²) in [4.78, 5) is 28.3. The molecule has 2 atom stereocenters. The summed E-state index contributed by atoms with van der Waals surface area (Å²) < 4.78 is 26.5. The van der Waals surface area contributed by atoms with Crippen molar-refractivity contribution in [3.05, 3.63) is 64.7 Å². The fourth-order valence-electron chi connectivity index (χ4n) is 4.14. The second-order valence-corrected chi connectivity index (χ2v) is 11.9. The Bertz CT molecular complexity index is 1160. The van der Waals surface area contributed by atoms with E-state index in [1.54, 1.807) is 11.0 Å². The van der Waals surface area contributed by atoms with Gasteiger partial charge in [0.2, 0.25) is 21.8 Å². The fourth-order valence-corrected chi connectivity index (χ4v) is 5.09. The Morgan fingerprint density at radius 2 is 1.59 bits per heavy atom. The van der Waals surface area contributed by atoms with Crippen LogP contribution in [0, 0.1) is 20.8 Å². The summed E-state index contributed by atoms with van der Waals surface area (Å²) in [5, 5.41) is 3.02. The van der Waals surface area contributed by atoms with Crippen LogP contribution in [-0.2, 0) is 26.2 Å². The van der Waals surface area contributed by atoms with Crippen LogP contribution in [0.15, 0.2) is 42.5 Å². The minimum Gasteiger partial charge on any atom is -0.352 e. The Morgan fingerprint density at radius 1 is 0.946 bits per heavy atom. The van der Waals surface area contributed by atoms with Gasteiger partial charge < -0.3 is 10.2 Å². The number of hydrogen-bond donors (Lipinski definition) is 1. The summed E-state index contributed by atoms with van der Waals surface area (Å²) >= 11 is 0. The highest BCUT2D eigenvalue weighted by Gasteiger charge is 2.29. The minimum atomic E-state index is -3.52. The summed E-state index contributed by atoms with van der Waals surface area (Å²) in [6, 6.07) is 12.9. The van der Waals surface area contributed by atoms with Crippen LogP contribution in [0.25, 0.3) is 0 Å². The average Bonchev–Trinajstić information content (AvgIpc) is 2.83. The van der Waals surface area contributed by atoms with E-state index in [1.165, 1.54) is 10.6 Å². The molecule has 0 unspecified atom stereocenters. The molecule has 0 spiro atoms. The maximum atomic E-state index is 13.5. The van der Waals surface area contributed by atoms with E-state index < -0.39 is 16.1 Å². The number of nitrogens with one attached hydrogen (secondary N) is 1. The van der Waals surface area contributed by atoms with Crippen molar-refractivity contribution in [2.24, 2.45) is 0 Å². The first-order valence-corrected chi connectivity index (χ1v) is 14.9. The van der Waals surface area contributed by atoms with Crippen LogP contribution in [0.2, 0.25) is 0 Å². The molecule has 2 aromatic rings. The zero-order valence-corrected chi connectivity index (χ0v) is 24.2. The van der Waals surface area contributed by atoms with Crippen LogP contribution >= 0.6 is 0 Å². The van der Waals surface area contributed by atoms with Crippen molar-refractivity contribution in [3.8, 4) is 0 Å². The third-order valence-electron chi connectivity index (χ3n) is 6.79. The molecule has 1 N–H and O–H groups in total. The van der Waals surface area contributed by atoms with Gasteiger partial charge in [-0.2, -0.15) is 0 Å². The van der Waals surface area contributed by atoms with Crippen molar-refractivity contribution in [2.75, 3.05) is 17.1 Å². The molecule has 0 bridgehead atoms. The van der Waals surface area contributed by atoms with Crippen molar-refractivity contribution in [1.29, 1.82) is 0 Å². The number of nitrogens with zero attached hydrogens (tertiary/aromatic N) is 2. The van der Waals surface area contributed by atoms with Crippen molar-refractivity contribution in [3.63, 3.8) is 0 Å². The zero-order valence-electron chi connectivity index (χ0n) is 23.4. The number of carbonyl (C=O) groups excluding carboxylic acids is 2. The van der Waals surface area contributed by atoms with Crippen molar-refractivity contribution >= 4 is 27.5 Å². The number of anilines is 1. The number of aryl methyl sites for hydroxylation is 3. The van der Waals surface area contributed by atoms with Crippen molar-refractivity contribution < 1.29 is 18.0 Å². The SMILES string of the molecule is CC[C@@H](C)NC(=O)[C@H](CC)N(Cc1ccc(C)cc1)C(=O)CCCN(c1ccc(C)c(C)c1)S(C)(=O)=O. The molecule has 0 saturated heterocycles. The average molecular weight is 530 g/mol. The van der Waals surface area contributed by atoms with Gasteiger partial charge in [0.1, 0.15) is 6.04 Å². The van der Waals surface area contributed by atoms with E-state index in [-0.39, 0.29) is 30.8 Å². The zero-order chi connectivity index (χ0) is 27.8. The molecule has 37 heavy (non-hydrogen) atoms. The lowest BCUT2D eigenvalue weighted by molar-refractivity contribution is -0.141. The highest BCUT2D eigenvalue weighted by Crippen LogP contribution is 2.22. The first-order valence-electron chi connectivity index (χ1n) is 13.1. The standard InChI is InChI=1S/C29H43N3O4S/c1-8-24(6)30-29(34)27(9-2)31(20-25-15-12-21(3)13-16-25)28(33)11-10-18-32(37(7,35)36)26-17-14-22(4)23(5)19-26/h12-17,19,24,27H,8-11,18,20H2,1-7H3,(H,30,34)/t24-,27+/m1/s1. The summed E-state index contributed by atoms with van der Waals surface area (Å²) in [7, 11) is -3.52. The number of benzene rings is 2. The number of amides is 2. The van der Waals surface area contributed by atoms with Gasteiger partial charge in [-0.15, -0.1) is 0 Å². The van der Waals surface area contributed by atoms with Gasteiger partial charge in [0.15, 0.2) is 0 Å². The number of hydrogen-bond acceptors (Lipinski definition) is 4. The van der Waals surface area contributed by atoms with E-state index in [0.29, 0.717) is 25.1 Å². The lowest BCUT2D eigenvalue weighted by atomic mass is 10.1. The summed E-state index contributed by atoms with van der Waals surface area (Å²) in [6.45, 7) is 12.3. The van der Waals surface area contributed by atoms with Crippen LogP contribution in [0.4, 0.5) is 5.69 Å². The molecule has 0 aromatic heterocycles. The van der Waals surface area contributed by atoms with E-state index in [2.05, 4.69) is 5.32 Å². The molecule has 0 saturated carbocycles. The largest absolute Gasteiger partial charge is 0.352 e. The van der Waals surface area contributed by atoms with Gasteiger partial charge in [-0.1, -0.05) is 49.7 Å². The highest BCUT2D eigenvalue weighted by atomic mass is 32.2. The maximum absolute atomic E-state index is 13.5. The van der Waals surface area contributed by atoms with Crippen LogP contribution < -0.4 is 9.62 Å². The summed E-state index contributed by atoms with van der Waals surface area (Å²) in [6.07, 6.45) is 2.94. The number of rotatable bonds is 13. The Morgan fingerprint density at radius 3 is 2.14 bits per heavy atom. The monoisotopic (exact) mass is 529 g/mol. The van der Waals surface area contributed by atoms with Gasteiger partial charge in [0.25, 0.3) is 0 Å². The fraction of sp³-hybridized carbons (Fsp3) is 0.517. The molecule has 7 nitrogen and oxygen atoms in total. The van der Waals surface area contributed by atoms with Crippen LogP contribution in [0.5, 0.6) is 0 Å². The number of sulfonamides is 1. The molecule has 0 radical (unpaired) electrons. The quantitative estimate of drug-likeness (QED) is 0.401. The first-order chi connectivity index (χ1) is 17.4. The lowest BCUT2D eigenvalue weighted by Gasteiger charge is -2.32. The second-order valence-electron chi connectivity index (χ2n) is 9.96. The highest BCUT2D eigenvalue weighted by molar-refractivity contribution is 7.92. The van der Waals surface area contributed by atoms with Crippen LogP contribution in [0.3, 0.4) is 0 Å². The van der Waals surface area contributed by atoms with Crippen LogP contribution in [0.1, 0.15) is 68.7 Å². The molecule has 2 aromatic carbocycles. The number of carbonyl (C=O) groups is 2. The molecule has 2 amide bonds. The van der Waals surface area contributed by atoms with E-state index in [1.807, 2.05) is 77.9 Å². The Hall–Kier alpha value is -2.87. The molecule has 0 aliphatic heterocycles. The van der Waals surface area contributed by atoms with E-state index in [9.17, 15) is 18.0 Å². The molecule has 2 rings (SSSR count). The van der Waals surface area contributed by atoms with E-state index in [0.717, 1.165) is 28.7 Å². The van der Waals surface area contributed by atoms with Gasteiger partial charge in [-0.3, -0.25) is 13.9 Å². The normalized spacial score (nSPS) is 13.1. The lowest BCUT2D eigenvalue weighted by Crippen LogP contribution is -2.50. The van der Waals surface area contributed by atoms with Gasteiger partial charge in [-0.05, 0) is 75.8 Å². The second kappa shape index (κ2) is 13.6. The molecule has 0 aliphatic rings. The summed E-state index contributed by atoms with van der Waals surface area (Å²) in [5.41, 5.74) is 4.75. The topological polar surface area (TPSA) is 86.8 Å². The van der Waals surface area contributed by atoms with Crippen molar-refractivity contribution in [1.82, 2.24) is 10.2 Å². The third kappa shape index (κ3) is 8.88. The minimum absolute atomic E-state index is 0.0131. The Kier molecular flexibility index (Phi) is 11.2. The van der Waals surface area contributed by atoms with Gasteiger partial charge in [-0.25, -0.2) is 8.42 Å². The third-order valence-corrected chi connectivity index (χ3v) is 7.99. The van der Waals surface area contributed by atoms with Crippen LogP contribution in [-0.4, -0.2) is 50.0 Å². The smallest absolute Gasteiger partial charge is 0.243 e. The van der Waals surface area contributed by atoms with Gasteiger partial charge in [0, 0.05) is 25.6 Å². The van der Waals surface area contributed by atoms with E-state index >= 15 is 0 Å². The molecule has 204 valence electrons. The molecule has 0 aliphatic carbocycles. The van der Waals surface area contributed by atoms with Gasteiger partial charge >= 0.3 is 0 Å². The Balaban J connectivity index is 2.23. The van der Waals surface area contributed by atoms with Gasteiger partial charge in [0.05, 0.1) is 11.9 Å². The molecule has 8 heteroatoms. The molecule has 0 heterocycles. The predicted octanol–water partition coefficient (Wildman–Crippen LogP) is 4.88. The van der Waals surface area contributed by atoms with E-state index in [4.69, 9.17) is 0 Å². The van der Waals surface area contributed by atoms with Crippen molar-refractivity contribution in [2.45, 2.75) is 85.9 Å². The molecular weight excluding hydrogens is 486 g/mol. The molecule has 0 fully saturated rings. The predicted molar refractivity (Wildman–Crippen MR) is 151 cm³/mol. The molecular formula is C29H43N3O4S. The first kappa shape index (κ1) is 30.4. The maximum Gasteiger partial charge on any atom is 0.243 e. The summed E-state index contributed by atoms with van der Waals surface area (Å²) in [5.74, 6) is -0.328. The Labute approximate surface area is 223 Å².